The maximum atomic E-state index is 12.2. The Morgan fingerprint density at radius 3 is 2.19 bits per heavy atom. The number of nitrogens with one attached hydrogen (secondary N) is 1. The van der Waals surface area contributed by atoms with Crippen molar-refractivity contribution in [2.75, 3.05) is 6.61 Å². The summed E-state index contributed by atoms with van der Waals surface area (Å²) in [7, 11) is -3.75. The number of carbonyl (C=O) groups is 1. The number of aliphatic carboxylic acids is 1. The predicted molar refractivity (Wildman–Crippen MR) is 76.5 cm³/mol. The molecule has 1 aliphatic rings. The molecule has 1 saturated carbocycles. The molecular formula is C14H19NO5S. The molecule has 2 rings (SSSR count). The maximum absolute atomic E-state index is 12.2. The van der Waals surface area contributed by atoms with Gasteiger partial charge in [-0.15, -0.1) is 0 Å². The van der Waals surface area contributed by atoms with Crippen LogP contribution in [-0.2, 0) is 20.2 Å². The largest absolute Gasteiger partial charge is 0.481 e. The van der Waals surface area contributed by atoms with Gasteiger partial charge in [0, 0.05) is 0 Å². The van der Waals surface area contributed by atoms with Gasteiger partial charge in [-0.2, -0.15) is 0 Å². The fourth-order valence-electron chi connectivity index (χ4n) is 2.16. The van der Waals surface area contributed by atoms with Crippen LogP contribution in [0, 0.1) is 0 Å². The standard InChI is InChI=1S/C14H19NO5S/c1-13(2,9-16)15-21(19,20)11-5-3-10(4-6-11)14(7-8-14)12(17)18/h3-6,15-16H,7-9H2,1-2H3,(H,17,18). The van der Waals surface area contributed by atoms with Crippen molar-refractivity contribution in [1.29, 1.82) is 0 Å². The first-order valence-corrected chi connectivity index (χ1v) is 8.10. The number of carboxylic acids is 1. The number of rotatable bonds is 6. The van der Waals surface area contributed by atoms with Gasteiger partial charge in [-0.1, -0.05) is 12.1 Å². The lowest BCUT2D eigenvalue weighted by atomic mass is 9.96. The normalized spacial score (nSPS) is 17.5. The molecule has 0 aromatic heterocycles. The fraction of sp³-hybridized carbons (Fsp3) is 0.500. The van der Waals surface area contributed by atoms with Gasteiger partial charge in [0.05, 0.1) is 22.5 Å². The van der Waals surface area contributed by atoms with Crippen LogP contribution in [0.1, 0.15) is 32.3 Å². The second-order valence-electron chi connectivity index (χ2n) is 6.06. The summed E-state index contributed by atoms with van der Waals surface area (Å²) in [5.74, 6) is -0.877. The second kappa shape index (κ2) is 5.08. The van der Waals surface area contributed by atoms with Gasteiger partial charge in [-0.05, 0) is 44.4 Å². The van der Waals surface area contributed by atoms with Crippen molar-refractivity contribution in [1.82, 2.24) is 4.72 Å². The smallest absolute Gasteiger partial charge is 0.314 e. The number of hydrogen-bond acceptors (Lipinski definition) is 4. The molecule has 0 heterocycles. The average Bonchev–Trinajstić information content (AvgIpc) is 3.19. The minimum Gasteiger partial charge on any atom is -0.481 e. The Bertz CT molecular complexity index is 644. The van der Waals surface area contributed by atoms with Crippen molar-refractivity contribution in [2.45, 2.75) is 42.5 Å². The minimum absolute atomic E-state index is 0.0500. The number of hydrogen-bond donors (Lipinski definition) is 3. The average molecular weight is 313 g/mol. The van der Waals surface area contributed by atoms with Gasteiger partial charge in [-0.25, -0.2) is 13.1 Å². The molecule has 1 fully saturated rings. The van der Waals surface area contributed by atoms with E-state index in [2.05, 4.69) is 4.72 Å². The Hall–Kier alpha value is -1.44. The van der Waals surface area contributed by atoms with Crippen LogP contribution in [0.25, 0.3) is 0 Å². The van der Waals surface area contributed by atoms with Gasteiger partial charge in [-0.3, -0.25) is 4.79 Å². The van der Waals surface area contributed by atoms with Crippen molar-refractivity contribution in [3.05, 3.63) is 29.8 Å². The van der Waals surface area contributed by atoms with E-state index in [1.165, 1.54) is 12.1 Å². The van der Waals surface area contributed by atoms with Crippen LogP contribution < -0.4 is 4.72 Å². The zero-order chi connectivity index (χ0) is 15.9. The summed E-state index contributed by atoms with van der Waals surface area (Å²) in [5, 5.41) is 18.3. The molecule has 0 saturated heterocycles. The Labute approximate surface area is 123 Å². The molecule has 0 radical (unpaired) electrons. The zero-order valence-electron chi connectivity index (χ0n) is 12.0. The Morgan fingerprint density at radius 1 is 1.29 bits per heavy atom. The minimum atomic E-state index is -3.75. The van der Waals surface area contributed by atoms with Crippen LogP contribution in [0.2, 0.25) is 0 Å². The van der Waals surface area contributed by atoms with E-state index in [1.807, 2.05) is 0 Å². The van der Waals surface area contributed by atoms with Crippen molar-refractivity contribution in [2.24, 2.45) is 0 Å². The zero-order valence-corrected chi connectivity index (χ0v) is 12.8. The molecule has 116 valence electrons. The highest BCUT2D eigenvalue weighted by Gasteiger charge is 2.51. The SMILES string of the molecule is CC(C)(CO)NS(=O)(=O)c1ccc(C2(C(=O)O)CC2)cc1. The summed E-state index contributed by atoms with van der Waals surface area (Å²) >= 11 is 0. The molecule has 0 amide bonds. The van der Waals surface area contributed by atoms with Crippen LogP contribution in [0.4, 0.5) is 0 Å². The van der Waals surface area contributed by atoms with Crippen molar-refractivity contribution >= 4 is 16.0 Å². The number of aliphatic hydroxyl groups is 1. The highest BCUT2D eigenvalue weighted by atomic mass is 32.2. The molecule has 0 bridgehead atoms. The Balaban J connectivity index is 2.25. The molecule has 1 aliphatic carbocycles. The molecule has 0 atom stereocenters. The lowest BCUT2D eigenvalue weighted by Crippen LogP contribution is -2.46. The fourth-order valence-corrected chi connectivity index (χ4v) is 3.56. The maximum Gasteiger partial charge on any atom is 0.314 e. The van der Waals surface area contributed by atoms with Gasteiger partial charge in [0.25, 0.3) is 0 Å². The van der Waals surface area contributed by atoms with E-state index in [-0.39, 0.29) is 11.5 Å². The quantitative estimate of drug-likeness (QED) is 0.722. The summed E-state index contributed by atoms with van der Waals surface area (Å²) in [6, 6.07) is 5.88. The third kappa shape index (κ3) is 3.09. The first kappa shape index (κ1) is 15.9. The first-order valence-electron chi connectivity index (χ1n) is 6.62. The number of carboxylic acid groups (broad SMARTS) is 1. The molecular weight excluding hydrogens is 294 g/mol. The molecule has 1 aromatic rings. The first-order chi connectivity index (χ1) is 9.63. The lowest BCUT2D eigenvalue weighted by Gasteiger charge is -2.23. The van der Waals surface area contributed by atoms with E-state index in [9.17, 15) is 18.3 Å². The number of benzene rings is 1. The predicted octanol–water partition coefficient (Wildman–Crippen LogP) is 0.852. The lowest BCUT2D eigenvalue weighted by molar-refractivity contribution is -0.140. The highest BCUT2D eigenvalue weighted by Crippen LogP contribution is 2.48. The third-order valence-corrected chi connectivity index (χ3v) is 5.40. The van der Waals surface area contributed by atoms with Crippen LogP contribution in [-0.4, -0.2) is 36.7 Å². The molecule has 0 spiro atoms. The van der Waals surface area contributed by atoms with Crippen LogP contribution in [0.5, 0.6) is 0 Å². The van der Waals surface area contributed by atoms with Crippen LogP contribution in [0.15, 0.2) is 29.2 Å². The van der Waals surface area contributed by atoms with Gasteiger partial charge in [0.15, 0.2) is 0 Å². The van der Waals surface area contributed by atoms with E-state index >= 15 is 0 Å². The molecule has 0 unspecified atom stereocenters. The van der Waals surface area contributed by atoms with E-state index in [0.717, 1.165) is 0 Å². The van der Waals surface area contributed by atoms with E-state index < -0.39 is 26.9 Å². The van der Waals surface area contributed by atoms with Crippen molar-refractivity contribution < 1.29 is 23.4 Å². The molecule has 7 heteroatoms. The molecule has 1 aromatic carbocycles. The number of sulfonamides is 1. The van der Waals surface area contributed by atoms with E-state index in [1.54, 1.807) is 26.0 Å². The van der Waals surface area contributed by atoms with Gasteiger partial charge >= 0.3 is 5.97 Å². The Morgan fingerprint density at radius 2 is 1.81 bits per heavy atom. The molecule has 0 aliphatic heterocycles. The monoisotopic (exact) mass is 313 g/mol. The highest BCUT2D eigenvalue weighted by molar-refractivity contribution is 7.89. The summed E-state index contributed by atoms with van der Waals surface area (Å²) < 4.78 is 26.8. The topological polar surface area (TPSA) is 104 Å². The second-order valence-corrected chi connectivity index (χ2v) is 7.74. The Kier molecular flexibility index (Phi) is 3.86. The number of aliphatic hydroxyl groups excluding tert-OH is 1. The van der Waals surface area contributed by atoms with Crippen molar-refractivity contribution in [3.63, 3.8) is 0 Å². The van der Waals surface area contributed by atoms with Crippen LogP contribution >= 0.6 is 0 Å². The molecule has 3 N–H and O–H groups in total. The summed E-state index contributed by atoms with van der Waals surface area (Å²) in [6.07, 6.45) is 1.15. The van der Waals surface area contributed by atoms with Gasteiger partial charge in [0.1, 0.15) is 0 Å². The van der Waals surface area contributed by atoms with E-state index in [4.69, 9.17) is 5.11 Å². The van der Waals surface area contributed by atoms with E-state index in [0.29, 0.717) is 18.4 Å². The molecule has 21 heavy (non-hydrogen) atoms. The van der Waals surface area contributed by atoms with Crippen LogP contribution in [0.3, 0.4) is 0 Å². The van der Waals surface area contributed by atoms with Crippen molar-refractivity contribution in [3.8, 4) is 0 Å². The third-order valence-electron chi connectivity index (χ3n) is 3.68. The van der Waals surface area contributed by atoms with Gasteiger partial charge in [0.2, 0.25) is 10.0 Å². The summed E-state index contributed by atoms with van der Waals surface area (Å²) in [4.78, 5) is 11.3. The summed E-state index contributed by atoms with van der Waals surface area (Å²) in [6.45, 7) is 2.82. The summed E-state index contributed by atoms with van der Waals surface area (Å²) in [5.41, 5.74) is -1.19. The van der Waals surface area contributed by atoms with Gasteiger partial charge < -0.3 is 10.2 Å². The molecule has 6 nitrogen and oxygen atoms in total.